The van der Waals surface area contributed by atoms with E-state index in [0.29, 0.717) is 12.1 Å². The highest BCUT2D eigenvalue weighted by Gasteiger charge is 2.24. The van der Waals surface area contributed by atoms with Gasteiger partial charge in [0.1, 0.15) is 5.69 Å². The molecule has 1 aliphatic heterocycles. The largest absolute Gasteiger partial charge is 0.396 e. The molecule has 120 valence electrons. The van der Waals surface area contributed by atoms with E-state index >= 15 is 0 Å². The van der Waals surface area contributed by atoms with E-state index in [2.05, 4.69) is 5.32 Å². The van der Waals surface area contributed by atoms with Crippen LogP contribution in [0.4, 0.5) is 11.4 Å². The third-order valence-electron chi connectivity index (χ3n) is 3.82. The summed E-state index contributed by atoms with van der Waals surface area (Å²) in [5, 5.41) is 22.9. The first-order chi connectivity index (χ1) is 10.5. The highest BCUT2D eigenvalue weighted by molar-refractivity contribution is 5.96. The molecule has 1 atom stereocenters. The maximum Gasteiger partial charge on any atom is 0.293 e. The van der Waals surface area contributed by atoms with Crippen molar-refractivity contribution in [3.63, 3.8) is 0 Å². The van der Waals surface area contributed by atoms with Crippen molar-refractivity contribution in [1.82, 2.24) is 5.32 Å². The third kappa shape index (κ3) is 3.73. The summed E-state index contributed by atoms with van der Waals surface area (Å²) in [4.78, 5) is 24.9. The molecule has 22 heavy (non-hydrogen) atoms. The van der Waals surface area contributed by atoms with Gasteiger partial charge >= 0.3 is 0 Å². The van der Waals surface area contributed by atoms with Gasteiger partial charge in [0.2, 0.25) is 0 Å². The average molecular weight is 307 g/mol. The van der Waals surface area contributed by atoms with Crippen LogP contribution >= 0.6 is 0 Å². The molecular weight excluding hydrogens is 286 g/mol. The van der Waals surface area contributed by atoms with Crippen molar-refractivity contribution in [2.45, 2.75) is 32.2 Å². The van der Waals surface area contributed by atoms with Gasteiger partial charge in [-0.05, 0) is 38.3 Å². The first-order valence-electron chi connectivity index (χ1n) is 7.48. The van der Waals surface area contributed by atoms with Crippen molar-refractivity contribution in [3.8, 4) is 0 Å². The van der Waals surface area contributed by atoms with Crippen LogP contribution in [0, 0.1) is 10.1 Å². The summed E-state index contributed by atoms with van der Waals surface area (Å²) >= 11 is 0. The maximum atomic E-state index is 12.1. The Bertz CT molecular complexity index is 556. The molecule has 7 nitrogen and oxygen atoms in total. The smallest absolute Gasteiger partial charge is 0.293 e. The number of rotatable bonds is 6. The molecule has 2 rings (SSSR count). The number of aliphatic hydroxyl groups is 1. The second-order valence-corrected chi connectivity index (χ2v) is 5.54. The molecule has 0 unspecified atom stereocenters. The van der Waals surface area contributed by atoms with Gasteiger partial charge in [-0.25, -0.2) is 0 Å². The van der Waals surface area contributed by atoms with Crippen LogP contribution in [0.2, 0.25) is 0 Å². The van der Waals surface area contributed by atoms with Gasteiger partial charge in [-0.1, -0.05) is 0 Å². The fraction of sp³-hybridized carbons (Fsp3) is 0.533. The lowest BCUT2D eigenvalue weighted by molar-refractivity contribution is -0.384. The minimum atomic E-state index is -0.443. The first kappa shape index (κ1) is 16.2. The number of carbonyl (C=O) groups is 1. The third-order valence-corrected chi connectivity index (χ3v) is 3.82. The Morgan fingerprint density at radius 3 is 2.73 bits per heavy atom. The number of aliphatic hydroxyl groups excluding tert-OH is 1. The Balaban J connectivity index is 2.21. The number of amides is 1. The van der Waals surface area contributed by atoms with Crippen LogP contribution in [0.1, 0.15) is 36.5 Å². The summed E-state index contributed by atoms with van der Waals surface area (Å²) in [6.45, 7) is 3.37. The molecule has 0 bridgehead atoms. The van der Waals surface area contributed by atoms with Gasteiger partial charge in [0, 0.05) is 37.4 Å². The zero-order valence-corrected chi connectivity index (χ0v) is 12.6. The van der Waals surface area contributed by atoms with Crippen molar-refractivity contribution in [3.05, 3.63) is 33.9 Å². The molecule has 1 saturated heterocycles. The van der Waals surface area contributed by atoms with Crippen molar-refractivity contribution in [1.29, 1.82) is 0 Å². The van der Waals surface area contributed by atoms with E-state index in [1.165, 1.54) is 6.07 Å². The lowest BCUT2D eigenvalue weighted by Crippen LogP contribution is -2.33. The quantitative estimate of drug-likeness (QED) is 0.616. The van der Waals surface area contributed by atoms with Crippen molar-refractivity contribution < 1.29 is 14.8 Å². The molecule has 1 aromatic rings. The summed E-state index contributed by atoms with van der Waals surface area (Å²) in [5.41, 5.74) is 0.797. The van der Waals surface area contributed by atoms with Crippen molar-refractivity contribution in [2.75, 3.05) is 24.6 Å². The molecule has 1 amide bonds. The Morgan fingerprint density at radius 1 is 1.45 bits per heavy atom. The Hall–Kier alpha value is -2.15. The van der Waals surface area contributed by atoms with Crippen LogP contribution in [0.3, 0.4) is 0 Å². The van der Waals surface area contributed by atoms with Gasteiger partial charge in [-0.3, -0.25) is 14.9 Å². The topological polar surface area (TPSA) is 95.7 Å². The highest BCUT2D eigenvalue weighted by Crippen LogP contribution is 2.31. The predicted molar refractivity (Wildman–Crippen MR) is 83.2 cm³/mol. The molecule has 0 radical (unpaired) electrons. The molecule has 7 heteroatoms. The van der Waals surface area contributed by atoms with Gasteiger partial charge in [0.25, 0.3) is 11.6 Å². The molecule has 1 heterocycles. The summed E-state index contributed by atoms with van der Waals surface area (Å²) in [6.07, 6.45) is 2.50. The van der Waals surface area contributed by atoms with E-state index in [9.17, 15) is 14.9 Å². The van der Waals surface area contributed by atoms with Gasteiger partial charge in [-0.15, -0.1) is 0 Å². The Morgan fingerprint density at radius 2 is 2.14 bits per heavy atom. The van der Waals surface area contributed by atoms with Gasteiger partial charge < -0.3 is 15.3 Å². The summed E-state index contributed by atoms with van der Waals surface area (Å²) in [7, 11) is 0. The lowest BCUT2D eigenvalue weighted by atomic mass is 10.1. The van der Waals surface area contributed by atoms with E-state index in [1.807, 2.05) is 4.90 Å². The normalized spacial score (nSPS) is 15.6. The standard InChI is InChI=1S/C15H21N3O4/c1-11(6-9-19)16-15(20)12-4-5-13(14(10-12)18(21)22)17-7-2-3-8-17/h4-5,10-11,19H,2-3,6-9H2,1H3,(H,16,20)/t11-/m1/s1. The number of carbonyl (C=O) groups excluding carboxylic acids is 1. The molecule has 2 N–H and O–H groups in total. The molecule has 0 spiro atoms. The molecule has 1 aliphatic rings. The van der Waals surface area contributed by atoms with E-state index in [1.54, 1.807) is 19.1 Å². The van der Waals surface area contributed by atoms with E-state index < -0.39 is 4.92 Å². The van der Waals surface area contributed by atoms with Crippen LogP contribution in [-0.4, -0.2) is 41.7 Å². The number of anilines is 1. The minimum absolute atomic E-state index is 0.0184. The van der Waals surface area contributed by atoms with Crippen LogP contribution in [0.25, 0.3) is 0 Å². The second-order valence-electron chi connectivity index (χ2n) is 5.54. The van der Waals surface area contributed by atoms with Crippen LogP contribution in [-0.2, 0) is 0 Å². The summed E-state index contributed by atoms with van der Waals surface area (Å²) in [5.74, 6) is -0.364. The lowest BCUT2D eigenvalue weighted by Gasteiger charge is -2.18. The van der Waals surface area contributed by atoms with E-state index in [-0.39, 0.29) is 29.8 Å². The number of benzene rings is 1. The first-order valence-corrected chi connectivity index (χ1v) is 7.48. The molecule has 0 saturated carbocycles. The zero-order chi connectivity index (χ0) is 16.1. The van der Waals surface area contributed by atoms with Crippen molar-refractivity contribution in [2.24, 2.45) is 0 Å². The van der Waals surface area contributed by atoms with Gasteiger partial charge in [0.05, 0.1) is 4.92 Å². The average Bonchev–Trinajstić information content (AvgIpc) is 3.00. The van der Waals surface area contributed by atoms with Crippen molar-refractivity contribution >= 4 is 17.3 Å². The number of nitrogens with one attached hydrogen (secondary N) is 1. The second kappa shape index (κ2) is 7.22. The van der Waals surface area contributed by atoms with Crippen LogP contribution in [0.15, 0.2) is 18.2 Å². The number of hydrogen-bond acceptors (Lipinski definition) is 5. The SMILES string of the molecule is C[C@H](CCO)NC(=O)c1ccc(N2CCCC2)c([N+](=O)[O-])c1. The van der Waals surface area contributed by atoms with E-state index in [0.717, 1.165) is 25.9 Å². The fourth-order valence-electron chi connectivity index (χ4n) is 2.61. The minimum Gasteiger partial charge on any atom is -0.396 e. The Labute approximate surface area is 129 Å². The highest BCUT2D eigenvalue weighted by atomic mass is 16.6. The summed E-state index contributed by atoms with van der Waals surface area (Å²) < 4.78 is 0. The van der Waals surface area contributed by atoms with E-state index in [4.69, 9.17) is 5.11 Å². The van der Waals surface area contributed by atoms with Gasteiger partial charge in [-0.2, -0.15) is 0 Å². The molecule has 1 fully saturated rings. The predicted octanol–water partition coefficient (Wildman–Crippen LogP) is 1.70. The number of hydrogen-bond donors (Lipinski definition) is 2. The monoisotopic (exact) mass is 307 g/mol. The zero-order valence-electron chi connectivity index (χ0n) is 12.6. The molecule has 1 aromatic carbocycles. The number of nitro benzene ring substituents is 1. The fourth-order valence-corrected chi connectivity index (χ4v) is 2.61. The van der Waals surface area contributed by atoms with Crippen LogP contribution in [0.5, 0.6) is 0 Å². The van der Waals surface area contributed by atoms with Crippen LogP contribution < -0.4 is 10.2 Å². The maximum absolute atomic E-state index is 12.1. The summed E-state index contributed by atoms with van der Waals surface area (Å²) in [6, 6.07) is 4.40. The Kier molecular flexibility index (Phi) is 5.32. The number of nitrogens with zero attached hydrogens (tertiary/aromatic N) is 2. The number of nitro groups is 1. The molecular formula is C15H21N3O4. The molecule has 0 aromatic heterocycles. The van der Waals surface area contributed by atoms with Gasteiger partial charge in [0.15, 0.2) is 0 Å². The molecule has 0 aliphatic carbocycles.